The highest BCUT2D eigenvalue weighted by molar-refractivity contribution is 7.99. The van der Waals surface area contributed by atoms with Crippen LogP contribution >= 0.6 is 35.0 Å². The fraction of sp³-hybridized carbons (Fsp3) is 0.190. The Labute approximate surface area is 194 Å². The van der Waals surface area contributed by atoms with Crippen molar-refractivity contribution in [3.63, 3.8) is 0 Å². The molecule has 0 aliphatic carbocycles. The quantitative estimate of drug-likeness (QED) is 0.444. The van der Waals surface area contributed by atoms with Crippen LogP contribution in [0.25, 0.3) is 11.3 Å². The molecule has 2 aromatic carbocycles. The summed E-state index contributed by atoms with van der Waals surface area (Å²) in [6, 6.07) is 12.2. The number of nitrogens with zero attached hydrogens (tertiary/aromatic N) is 2. The number of halogens is 2. The minimum atomic E-state index is -0.232. The van der Waals surface area contributed by atoms with Gasteiger partial charge in [-0.3, -0.25) is 4.79 Å². The second-order valence-corrected chi connectivity index (χ2v) is 7.89. The van der Waals surface area contributed by atoms with Gasteiger partial charge in [0.05, 0.1) is 48.5 Å². The largest absolute Gasteiger partial charge is 0.493 e. The van der Waals surface area contributed by atoms with Gasteiger partial charge < -0.3 is 19.5 Å². The van der Waals surface area contributed by atoms with Gasteiger partial charge in [0.2, 0.25) is 11.7 Å². The van der Waals surface area contributed by atoms with Crippen LogP contribution < -0.4 is 19.5 Å². The molecule has 0 saturated heterocycles. The third-order valence-electron chi connectivity index (χ3n) is 4.18. The van der Waals surface area contributed by atoms with Gasteiger partial charge in [0.15, 0.2) is 11.5 Å². The summed E-state index contributed by atoms with van der Waals surface area (Å²) in [5, 5.41) is 12.5. The Balaban J connectivity index is 1.68. The monoisotopic (exact) mass is 479 g/mol. The Kier molecular flexibility index (Phi) is 7.84. The van der Waals surface area contributed by atoms with Gasteiger partial charge in [-0.25, -0.2) is 0 Å². The standard InChI is InChI=1S/C21H19Cl2N3O4S/c1-28-16-9-12(10-17(29-2)21(16)30-3)14-7-8-19(26-25-14)31-11-18(27)24-15-6-4-5-13(22)20(15)23/h4-10H,11H2,1-3H3,(H,24,27). The lowest BCUT2D eigenvalue weighted by Gasteiger charge is -2.13. The maximum Gasteiger partial charge on any atom is 0.234 e. The highest BCUT2D eigenvalue weighted by Gasteiger charge is 2.15. The summed E-state index contributed by atoms with van der Waals surface area (Å²) >= 11 is 13.3. The average Bonchev–Trinajstić information content (AvgIpc) is 2.80. The van der Waals surface area contributed by atoms with Crippen molar-refractivity contribution >= 4 is 46.6 Å². The number of rotatable bonds is 8. The molecule has 3 rings (SSSR count). The predicted molar refractivity (Wildman–Crippen MR) is 123 cm³/mol. The normalized spacial score (nSPS) is 10.5. The number of amides is 1. The van der Waals surface area contributed by atoms with Gasteiger partial charge in [0.1, 0.15) is 5.03 Å². The van der Waals surface area contributed by atoms with Crippen LogP contribution in [0, 0.1) is 0 Å². The topological polar surface area (TPSA) is 82.6 Å². The van der Waals surface area contributed by atoms with Crippen molar-refractivity contribution in [1.29, 1.82) is 0 Å². The number of nitrogens with one attached hydrogen (secondary N) is 1. The van der Waals surface area contributed by atoms with Crippen LogP contribution in [-0.4, -0.2) is 43.2 Å². The average molecular weight is 480 g/mol. The SMILES string of the molecule is COc1cc(-c2ccc(SCC(=O)Nc3cccc(Cl)c3Cl)nn2)cc(OC)c1OC. The van der Waals surface area contributed by atoms with Crippen LogP contribution in [0.1, 0.15) is 0 Å². The fourth-order valence-electron chi connectivity index (χ4n) is 2.71. The number of ether oxygens (including phenoxy) is 3. The van der Waals surface area contributed by atoms with Crippen LogP contribution in [0.4, 0.5) is 5.69 Å². The fourth-order valence-corrected chi connectivity index (χ4v) is 3.67. The lowest BCUT2D eigenvalue weighted by atomic mass is 10.1. The Bertz CT molecular complexity index is 1060. The molecular formula is C21H19Cl2N3O4S. The van der Waals surface area contributed by atoms with Crippen molar-refractivity contribution in [2.24, 2.45) is 0 Å². The Hall–Kier alpha value is -2.68. The van der Waals surface area contributed by atoms with E-state index < -0.39 is 0 Å². The third kappa shape index (κ3) is 5.52. The summed E-state index contributed by atoms with van der Waals surface area (Å²) < 4.78 is 16.1. The lowest BCUT2D eigenvalue weighted by molar-refractivity contribution is -0.113. The first kappa shape index (κ1) is 23.0. The van der Waals surface area contributed by atoms with Gasteiger partial charge in [-0.15, -0.1) is 10.2 Å². The summed E-state index contributed by atoms with van der Waals surface area (Å²) in [5.74, 6) is 1.45. The van der Waals surface area contributed by atoms with Gasteiger partial charge in [-0.05, 0) is 36.4 Å². The third-order valence-corrected chi connectivity index (χ3v) is 5.92. The molecule has 0 saturated carbocycles. The molecule has 0 aliphatic heterocycles. The van der Waals surface area contributed by atoms with Gasteiger partial charge >= 0.3 is 0 Å². The number of anilines is 1. The minimum Gasteiger partial charge on any atom is -0.493 e. The minimum absolute atomic E-state index is 0.140. The Morgan fingerprint density at radius 3 is 2.29 bits per heavy atom. The van der Waals surface area contributed by atoms with Crippen LogP contribution in [0.3, 0.4) is 0 Å². The van der Waals surface area contributed by atoms with E-state index in [9.17, 15) is 4.79 Å². The number of benzene rings is 2. The summed E-state index contributed by atoms with van der Waals surface area (Å²) in [7, 11) is 4.64. The van der Waals surface area contributed by atoms with Crippen LogP contribution in [-0.2, 0) is 4.79 Å². The Morgan fingerprint density at radius 1 is 1.00 bits per heavy atom. The van der Waals surface area contributed by atoms with E-state index in [0.29, 0.717) is 43.7 Å². The molecule has 162 valence electrons. The molecule has 10 heteroatoms. The Morgan fingerprint density at radius 2 is 1.71 bits per heavy atom. The number of methoxy groups -OCH3 is 3. The predicted octanol–water partition coefficient (Wildman–Crippen LogP) is 5.21. The van der Waals surface area contributed by atoms with Crippen LogP contribution in [0.2, 0.25) is 10.0 Å². The van der Waals surface area contributed by atoms with E-state index in [-0.39, 0.29) is 11.7 Å². The maximum atomic E-state index is 12.2. The number of aromatic nitrogens is 2. The highest BCUT2D eigenvalue weighted by atomic mass is 35.5. The molecule has 1 amide bonds. The zero-order valence-electron chi connectivity index (χ0n) is 16.9. The number of hydrogen-bond acceptors (Lipinski definition) is 7. The van der Waals surface area contributed by atoms with E-state index in [4.69, 9.17) is 37.4 Å². The van der Waals surface area contributed by atoms with Crippen LogP contribution in [0.15, 0.2) is 47.5 Å². The second-order valence-electron chi connectivity index (χ2n) is 6.11. The van der Waals surface area contributed by atoms with Gasteiger partial charge in [0.25, 0.3) is 0 Å². The smallest absolute Gasteiger partial charge is 0.234 e. The molecule has 7 nitrogen and oxygen atoms in total. The first-order chi connectivity index (χ1) is 15.0. The van der Waals surface area contributed by atoms with E-state index in [1.165, 1.54) is 11.8 Å². The number of hydrogen-bond donors (Lipinski definition) is 1. The van der Waals surface area contributed by atoms with E-state index in [1.807, 2.05) is 6.07 Å². The molecule has 1 heterocycles. The first-order valence-electron chi connectivity index (χ1n) is 8.97. The molecule has 0 atom stereocenters. The molecule has 0 radical (unpaired) electrons. The van der Waals surface area contributed by atoms with E-state index in [2.05, 4.69) is 15.5 Å². The van der Waals surface area contributed by atoms with Crippen molar-refractivity contribution in [3.05, 3.63) is 52.5 Å². The number of carbonyl (C=O) groups excluding carboxylic acids is 1. The molecule has 1 N–H and O–H groups in total. The van der Waals surface area contributed by atoms with Crippen molar-refractivity contribution < 1.29 is 19.0 Å². The number of carbonyl (C=O) groups is 1. The summed E-state index contributed by atoms with van der Waals surface area (Å²) in [6.45, 7) is 0. The van der Waals surface area contributed by atoms with Crippen molar-refractivity contribution in [3.8, 4) is 28.5 Å². The zero-order valence-corrected chi connectivity index (χ0v) is 19.3. The molecule has 0 aliphatic rings. The summed E-state index contributed by atoms with van der Waals surface area (Å²) in [6.07, 6.45) is 0. The summed E-state index contributed by atoms with van der Waals surface area (Å²) in [4.78, 5) is 12.2. The second kappa shape index (κ2) is 10.6. The van der Waals surface area contributed by atoms with E-state index in [0.717, 1.165) is 5.56 Å². The van der Waals surface area contributed by atoms with Gasteiger partial charge in [-0.1, -0.05) is 41.0 Å². The molecule has 0 fully saturated rings. The molecular weight excluding hydrogens is 461 g/mol. The van der Waals surface area contributed by atoms with Crippen molar-refractivity contribution in [2.75, 3.05) is 32.4 Å². The molecule has 0 bridgehead atoms. The number of thioether (sulfide) groups is 1. The molecule has 0 unspecified atom stereocenters. The highest BCUT2D eigenvalue weighted by Crippen LogP contribution is 2.40. The van der Waals surface area contributed by atoms with Crippen LogP contribution in [0.5, 0.6) is 17.2 Å². The van der Waals surface area contributed by atoms with Gasteiger partial charge in [-0.2, -0.15) is 0 Å². The summed E-state index contributed by atoms with van der Waals surface area (Å²) in [5.41, 5.74) is 1.84. The molecule has 1 aromatic heterocycles. The molecule has 0 spiro atoms. The van der Waals surface area contributed by atoms with Gasteiger partial charge in [0, 0.05) is 5.56 Å². The van der Waals surface area contributed by atoms with E-state index >= 15 is 0 Å². The van der Waals surface area contributed by atoms with Crippen molar-refractivity contribution in [1.82, 2.24) is 10.2 Å². The molecule has 31 heavy (non-hydrogen) atoms. The maximum absolute atomic E-state index is 12.2. The first-order valence-corrected chi connectivity index (χ1v) is 10.7. The zero-order chi connectivity index (χ0) is 22.4. The van der Waals surface area contributed by atoms with E-state index in [1.54, 1.807) is 57.7 Å². The molecule has 3 aromatic rings. The lowest BCUT2D eigenvalue weighted by Crippen LogP contribution is -2.14. The van der Waals surface area contributed by atoms with Crippen molar-refractivity contribution in [2.45, 2.75) is 5.03 Å².